The third-order valence-electron chi connectivity index (χ3n) is 5.03. The number of aromatic nitrogens is 5. The van der Waals surface area contributed by atoms with Crippen LogP contribution in [0.4, 0.5) is 11.6 Å². The molecule has 0 radical (unpaired) electrons. The molecule has 3 aromatic rings. The van der Waals surface area contributed by atoms with Gasteiger partial charge in [-0.25, -0.2) is 19.9 Å². The number of hydrogen-bond acceptors (Lipinski definition) is 6. The predicted molar refractivity (Wildman–Crippen MR) is 104 cm³/mol. The third kappa shape index (κ3) is 4.68. The molecule has 1 aliphatic rings. The number of pyridine rings is 1. The van der Waals surface area contributed by atoms with E-state index in [-0.39, 0.29) is 0 Å². The van der Waals surface area contributed by atoms with Crippen molar-refractivity contribution in [3.8, 4) is 0 Å². The number of piperidine rings is 1. The maximum absolute atomic E-state index is 4.48. The van der Waals surface area contributed by atoms with Gasteiger partial charge in [0.1, 0.15) is 23.8 Å². The van der Waals surface area contributed by atoms with Crippen molar-refractivity contribution in [1.82, 2.24) is 29.4 Å². The van der Waals surface area contributed by atoms with Gasteiger partial charge in [0, 0.05) is 43.9 Å². The van der Waals surface area contributed by atoms with Crippen LogP contribution in [-0.4, -0.2) is 42.5 Å². The molecule has 0 spiro atoms. The summed E-state index contributed by atoms with van der Waals surface area (Å²) >= 11 is 0. The second-order valence-corrected chi connectivity index (χ2v) is 7.14. The smallest absolute Gasteiger partial charge is 0.135 e. The fraction of sp³-hybridized carbons (Fsp3) is 0.400. The molecule has 1 aliphatic heterocycles. The van der Waals surface area contributed by atoms with E-state index in [4.69, 9.17) is 0 Å². The Morgan fingerprint density at radius 1 is 1.11 bits per heavy atom. The molecule has 0 saturated carbocycles. The van der Waals surface area contributed by atoms with Gasteiger partial charge in [0.2, 0.25) is 0 Å². The van der Waals surface area contributed by atoms with Crippen LogP contribution in [0.3, 0.4) is 0 Å². The molecule has 1 N–H and O–H groups in total. The summed E-state index contributed by atoms with van der Waals surface area (Å²) in [6.45, 7) is 3.13. The number of likely N-dealkylation sites (tertiary alicyclic amines) is 1. The van der Waals surface area contributed by atoms with Gasteiger partial charge in [-0.3, -0.25) is 4.90 Å². The fourth-order valence-electron chi connectivity index (χ4n) is 3.65. The average Bonchev–Trinajstić information content (AvgIpc) is 3.08. The summed E-state index contributed by atoms with van der Waals surface area (Å²) < 4.78 is 2.10. The summed E-state index contributed by atoms with van der Waals surface area (Å²) in [6.07, 6.45) is 10.7. The van der Waals surface area contributed by atoms with Gasteiger partial charge >= 0.3 is 0 Å². The van der Waals surface area contributed by atoms with E-state index in [1.54, 1.807) is 12.5 Å². The molecule has 0 amide bonds. The van der Waals surface area contributed by atoms with Crippen LogP contribution in [0.15, 0.2) is 49.2 Å². The maximum Gasteiger partial charge on any atom is 0.135 e. The largest absolute Gasteiger partial charge is 0.337 e. The molecule has 1 saturated heterocycles. The van der Waals surface area contributed by atoms with Crippen molar-refractivity contribution >= 4 is 11.6 Å². The molecule has 7 heteroatoms. The molecular weight excluding hydrogens is 338 g/mol. The topological polar surface area (TPSA) is 71.8 Å². The minimum atomic E-state index is 0.608. The molecule has 3 aromatic heterocycles. The minimum Gasteiger partial charge on any atom is -0.337 e. The van der Waals surface area contributed by atoms with Crippen LogP contribution in [0.5, 0.6) is 0 Å². The van der Waals surface area contributed by atoms with Gasteiger partial charge in [-0.2, -0.15) is 0 Å². The molecule has 4 rings (SSSR count). The quantitative estimate of drug-likeness (QED) is 0.726. The Kier molecular flexibility index (Phi) is 5.39. The van der Waals surface area contributed by atoms with Crippen molar-refractivity contribution in [3.05, 3.63) is 60.7 Å². The van der Waals surface area contributed by atoms with E-state index in [1.807, 2.05) is 36.7 Å². The summed E-state index contributed by atoms with van der Waals surface area (Å²) in [7, 11) is 2.06. The molecule has 0 aliphatic carbocycles. The van der Waals surface area contributed by atoms with Crippen molar-refractivity contribution in [3.63, 3.8) is 0 Å². The number of nitrogens with zero attached hydrogens (tertiary/aromatic N) is 6. The van der Waals surface area contributed by atoms with Crippen molar-refractivity contribution in [2.75, 3.05) is 18.4 Å². The number of anilines is 2. The first-order valence-electron chi connectivity index (χ1n) is 9.44. The maximum atomic E-state index is 4.48. The average molecular weight is 363 g/mol. The normalized spacial score (nSPS) is 17.7. The zero-order valence-electron chi connectivity index (χ0n) is 15.6. The van der Waals surface area contributed by atoms with Gasteiger partial charge in [-0.05, 0) is 43.9 Å². The van der Waals surface area contributed by atoms with E-state index in [0.717, 1.165) is 49.2 Å². The lowest BCUT2D eigenvalue weighted by atomic mass is 9.93. The van der Waals surface area contributed by atoms with Gasteiger partial charge in [0.15, 0.2) is 0 Å². The monoisotopic (exact) mass is 363 g/mol. The van der Waals surface area contributed by atoms with E-state index in [0.29, 0.717) is 5.92 Å². The number of imidazole rings is 1. The van der Waals surface area contributed by atoms with E-state index in [9.17, 15) is 0 Å². The highest BCUT2D eigenvalue weighted by molar-refractivity contribution is 5.50. The molecular formula is C20H25N7. The van der Waals surface area contributed by atoms with Gasteiger partial charge < -0.3 is 9.88 Å². The van der Waals surface area contributed by atoms with Crippen molar-refractivity contribution in [2.45, 2.75) is 25.8 Å². The molecule has 140 valence electrons. The summed E-state index contributed by atoms with van der Waals surface area (Å²) in [5.41, 5.74) is 1.08. The van der Waals surface area contributed by atoms with Crippen molar-refractivity contribution in [2.24, 2.45) is 13.0 Å². The Bertz CT molecular complexity index is 862. The Labute approximate surface area is 159 Å². The second kappa shape index (κ2) is 8.26. The summed E-state index contributed by atoms with van der Waals surface area (Å²) in [5.74, 6) is 3.32. The molecule has 0 aromatic carbocycles. The second-order valence-electron chi connectivity index (χ2n) is 7.14. The highest BCUT2D eigenvalue weighted by Crippen LogP contribution is 2.22. The first-order valence-corrected chi connectivity index (χ1v) is 9.44. The Hall–Kier alpha value is -2.80. The van der Waals surface area contributed by atoms with Crippen LogP contribution in [0.1, 0.15) is 24.4 Å². The zero-order valence-corrected chi connectivity index (χ0v) is 15.6. The summed E-state index contributed by atoms with van der Waals surface area (Å²) in [4.78, 5) is 20.0. The molecule has 4 heterocycles. The highest BCUT2D eigenvalue weighted by atomic mass is 15.2. The van der Waals surface area contributed by atoms with E-state index >= 15 is 0 Å². The Balaban J connectivity index is 1.37. The molecule has 1 atom stereocenters. The van der Waals surface area contributed by atoms with Crippen molar-refractivity contribution in [1.29, 1.82) is 0 Å². The van der Waals surface area contributed by atoms with Crippen LogP contribution in [0, 0.1) is 5.92 Å². The van der Waals surface area contributed by atoms with E-state index in [1.165, 1.54) is 12.8 Å². The van der Waals surface area contributed by atoms with Crippen LogP contribution in [0.25, 0.3) is 0 Å². The molecule has 7 nitrogen and oxygen atoms in total. The van der Waals surface area contributed by atoms with Crippen LogP contribution in [0.2, 0.25) is 0 Å². The van der Waals surface area contributed by atoms with Crippen LogP contribution in [-0.2, 0) is 20.0 Å². The molecule has 27 heavy (non-hydrogen) atoms. The predicted octanol–water partition coefficient (Wildman–Crippen LogP) is 2.80. The standard InChI is InChI=1S/C20H25N7/c1-26-10-8-22-20(26)14-27-9-4-5-16(13-27)11-17-12-19(24-15-23-17)25-18-6-2-3-7-21-18/h2-3,6-8,10,12,15-16H,4-5,9,11,13-14H2,1H3,(H,21,23,24,25)/t16-/m0/s1. The van der Waals surface area contributed by atoms with E-state index in [2.05, 4.69) is 41.8 Å². The van der Waals surface area contributed by atoms with E-state index < -0.39 is 0 Å². The SMILES string of the molecule is Cn1ccnc1CN1CCC[C@@H](Cc2cc(Nc3ccccn3)ncn2)C1. The lowest BCUT2D eigenvalue weighted by molar-refractivity contribution is 0.161. The van der Waals surface area contributed by atoms with Crippen LogP contribution >= 0.6 is 0 Å². The van der Waals surface area contributed by atoms with Crippen LogP contribution < -0.4 is 5.32 Å². The first kappa shape index (κ1) is 17.6. The number of rotatable bonds is 6. The third-order valence-corrected chi connectivity index (χ3v) is 5.03. The zero-order chi connectivity index (χ0) is 18.5. The molecule has 1 fully saturated rings. The fourth-order valence-corrected chi connectivity index (χ4v) is 3.65. The minimum absolute atomic E-state index is 0.608. The number of hydrogen-bond donors (Lipinski definition) is 1. The van der Waals surface area contributed by atoms with Gasteiger partial charge in [0.25, 0.3) is 0 Å². The lowest BCUT2D eigenvalue weighted by Crippen LogP contribution is -2.36. The summed E-state index contributed by atoms with van der Waals surface area (Å²) in [5, 5.41) is 3.24. The van der Waals surface area contributed by atoms with Gasteiger partial charge in [-0.1, -0.05) is 6.07 Å². The first-order chi connectivity index (χ1) is 13.3. The van der Waals surface area contributed by atoms with Gasteiger partial charge in [-0.15, -0.1) is 0 Å². The lowest BCUT2D eigenvalue weighted by Gasteiger charge is -2.32. The summed E-state index contributed by atoms with van der Waals surface area (Å²) in [6, 6.07) is 7.82. The molecule has 0 bridgehead atoms. The Morgan fingerprint density at radius 2 is 2.07 bits per heavy atom. The Morgan fingerprint density at radius 3 is 2.89 bits per heavy atom. The molecule has 0 unspecified atom stereocenters. The highest BCUT2D eigenvalue weighted by Gasteiger charge is 2.21. The number of nitrogens with one attached hydrogen (secondary N) is 1. The number of aryl methyl sites for hydroxylation is 1. The van der Waals surface area contributed by atoms with Gasteiger partial charge in [0.05, 0.1) is 6.54 Å². The van der Waals surface area contributed by atoms with Crippen molar-refractivity contribution < 1.29 is 0 Å².